The largest absolute Gasteiger partial charge is 0.460 e. The number of aliphatic imine (C=N–C) groups is 1. The van der Waals surface area contributed by atoms with E-state index in [1.54, 1.807) is 0 Å². The van der Waals surface area contributed by atoms with Crippen molar-refractivity contribution in [3.63, 3.8) is 0 Å². The molecule has 0 radical (unpaired) electrons. The molecule has 0 aliphatic rings. The molecule has 0 fully saturated rings. The normalized spacial score (nSPS) is 16.4. The molecule has 0 unspecified atom stereocenters. The van der Waals surface area contributed by atoms with Gasteiger partial charge >= 0.3 is 71.3 Å². The number of isocyanates is 1. The van der Waals surface area contributed by atoms with Crippen LogP contribution in [-0.2, 0) is 4.79 Å². The van der Waals surface area contributed by atoms with Crippen molar-refractivity contribution in [2.75, 3.05) is 6.54 Å². The maximum atomic E-state index is 13.6. The molecular formula is C15H4F25NO. The zero-order valence-electron chi connectivity index (χ0n) is 18.2. The van der Waals surface area contributed by atoms with Gasteiger partial charge in [0.2, 0.25) is 6.08 Å². The van der Waals surface area contributed by atoms with Gasteiger partial charge in [0.1, 0.15) is 0 Å². The van der Waals surface area contributed by atoms with E-state index in [1.165, 1.54) is 0 Å². The van der Waals surface area contributed by atoms with Crippen LogP contribution in [0.5, 0.6) is 0 Å². The van der Waals surface area contributed by atoms with Gasteiger partial charge in [-0.3, -0.25) is 0 Å². The summed E-state index contributed by atoms with van der Waals surface area (Å²) < 4.78 is 331. The van der Waals surface area contributed by atoms with E-state index >= 15 is 0 Å². The number of hydrogen-bond donors (Lipinski definition) is 0. The Morgan fingerprint density at radius 3 is 0.786 bits per heavy atom. The van der Waals surface area contributed by atoms with E-state index in [9.17, 15) is 115 Å². The van der Waals surface area contributed by atoms with Crippen LogP contribution in [0.2, 0.25) is 0 Å². The molecule has 0 atom stereocenters. The van der Waals surface area contributed by atoms with Crippen LogP contribution in [-0.4, -0.2) is 83.9 Å². The molecule has 0 saturated carbocycles. The maximum absolute atomic E-state index is 13.6. The Balaban J connectivity index is 7.26. The second kappa shape index (κ2) is 10.1. The topological polar surface area (TPSA) is 29.4 Å². The molecule has 0 saturated heterocycles. The van der Waals surface area contributed by atoms with E-state index in [0.29, 0.717) is 0 Å². The van der Waals surface area contributed by atoms with Crippen LogP contribution in [0, 0.1) is 0 Å². The molecule has 0 amide bonds. The van der Waals surface area contributed by atoms with Crippen molar-refractivity contribution in [2.24, 2.45) is 4.99 Å². The Morgan fingerprint density at radius 2 is 0.571 bits per heavy atom. The summed E-state index contributed by atoms with van der Waals surface area (Å²) in [5.41, 5.74) is 0. The quantitative estimate of drug-likeness (QED) is 0.109. The fourth-order valence-corrected chi connectivity index (χ4v) is 2.38. The van der Waals surface area contributed by atoms with E-state index in [1.807, 2.05) is 4.99 Å². The fourth-order valence-electron chi connectivity index (χ4n) is 2.38. The number of halogens is 25. The predicted molar refractivity (Wildman–Crippen MR) is 78.1 cm³/mol. The lowest BCUT2D eigenvalue weighted by molar-refractivity contribution is -0.482. The first-order valence-corrected chi connectivity index (χ1v) is 9.07. The minimum Gasteiger partial charge on any atom is -0.211 e. The van der Waals surface area contributed by atoms with E-state index in [-0.39, 0.29) is 6.08 Å². The van der Waals surface area contributed by atoms with Gasteiger partial charge in [0.15, 0.2) is 0 Å². The van der Waals surface area contributed by atoms with Crippen molar-refractivity contribution in [3.8, 4) is 0 Å². The summed E-state index contributed by atoms with van der Waals surface area (Å²) in [4.78, 5) is 11.6. The average Bonchev–Trinajstić information content (AvgIpc) is 2.76. The van der Waals surface area contributed by atoms with Crippen molar-refractivity contribution in [2.45, 2.75) is 77.7 Å². The molecule has 0 aromatic carbocycles. The minimum atomic E-state index is -9.62. The van der Waals surface area contributed by atoms with Gasteiger partial charge in [-0.2, -0.15) is 110 Å². The zero-order valence-corrected chi connectivity index (χ0v) is 18.2. The molecule has 0 N–H and O–H groups in total. The monoisotopic (exact) mass is 689 g/mol. The van der Waals surface area contributed by atoms with Gasteiger partial charge in [-0.05, 0) is 0 Å². The van der Waals surface area contributed by atoms with Crippen molar-refractivity contribution < 1.29 is 115 Å². The van der Waals surface area contributed by atoms with Gasteiger partial charge in [0.05, 0.1) is 6.54 Å². The number of carbonyl (C=O) groups excluding carboxylic acids is 1. The standard InChI is InChI=1S/C15H4F25NO/c16-4(17,1-2-41-3-42)5(18,19)6(20,21)7(22,23)8(24,25)9(26,27)10(28,29)11(30,31)12(32,33)13(34,35)14(36,37)15(38,39)40/h1-2H2. The summed E-state index contributed by atoms with van der Waals surface area (Å²) >= 11 is 0. The highest BCUT2D eigenvalue weighted by Gasteiger charge is 2.99. The average molecular weight is 689 g/mol. The van der Waals surface area contributed by atoms with Gasteiger partial charge < -0.3 is 0 Å². The van der Waals surface area contributed by atoms with Crippen LogP contribution in [0.25, 0.3) is 0 Å². The van der Waals surface area contributed by atoms with E-state index in [4.69, 9.17) is 0 Å². The first-order chi connectivity index (χ1) is 17.8. The molecule has 42 heavy (non-hydrogen) atoms. The smallest absolute Gasteiger partial charge is 0.211 e. The highest BCUT2D eigenvalue weighted by molar-refractivity contribution is 5.32. The summed E-state index contributed by atoms with van der Waals surface area (Å²) in [6.07, 6.45) is -11.0. The van der Waals surface area contributed by atoms with Gasteiger partial charge in [-0.1, -0.05) is 0 Å². The van der Waals surface area contributed by atoms with Gasteiger partial charge in [0, 0.05) is 6.42 Å². The van der Waals surface area contributed by atoms with E-state index < -0.39 is 84.3 Å². The first-order valence-electron chi connectivity index (χ1n) is 9.07. The van der Waals surface area contributed by atoms with E-state index in [2.05, 4.69) is 0 Å². The van der Waals surface area contributed by atoms with Crippen LogP contribution >= 0.6 is 0 Å². The zero-order chi connectivity index (χ0) is 34.8. The maximum Gasteiger partial charge on any atom is 0.460 e. The van der Waals surface area contributed by atoms with Crippen molar-refractivity contribution in [3.05, 3.63) is 0 Å². The Kier molecular flexibility index (Phi) is 9.52. The van der Waals surface area contributed by atoms with Gasteiger partial charge in [0.25, 0.3) is 0 Å². The fraction of sp³-hybridized carbons (Fsp3) is 0.933. The van der Waals surface area contributed by atoms with Crippen molar-refractivity contribution >= 4 is 6.08 Å². The van der Waals surface area contributed by atoms with Gasteiger partial charge in [-0.25, -0.2) is 9.79 Å². The lowest BCUT2D eigenvalue weighted by Crippen LogP contribution is -2.78. The number of rotatable bonds is 13. The minimum absolute atomic E-state index is 0.239. The van der Waals surface area contributed by atoms with Gasteiger partial charge in [-0.15, -0.1) is 0 Å². The van der Waals surface area contributed by atoms with Crippen LogP contribution < -0.4 is 0 Å². The molecule has 0 rings (SSSR count). The van der Waals surface area contributed by atoms with E-state index in [0.717, 1.165) is 0 Å². The molecule has 0 aromatic rings. The molecule has 0 aliphatic heterocycles. The molecule has 0 heterocycles. The summed E-state index contributed by atoms with van der Waals surface area (Å²) in [6.45, 7) is -2.13. The SMILES string of the molecule is O=C=NCCC(F)(F)C(F)(F)C(F)(F)C(F)(F)C(F)(F)C(F)(F)C(F)(F)C(F)(F)C(F)(F)C(F)(F)C(F)(F)C(F)(F)F. The van der Waals surface area contributed by atoms with Crippen LogP contribution in [0.1, 0.15) is 6.42 Å². The summed E-state index contributed by atoms with van der Waals surface area (Å²) in [7, 11) is 0. The second-order valence-electron chi connectivity index (χ2n) is 7.67. The van der Waals surface area contributed by atoms with Crippen LogP contribution in [0.3, 0.4) is 0 Å². The predicted octanol–water partition coefficient (Wildman–Crippen LogP) is 8.26. The molecule has 0 bridgehead atoms. The Labute approximate surface area is 211 Å². The van der Waals surface area contributed by atoms with Crippen molar-refractivity contribution in [1.82, 2.24) is 0 Å². The third kappa shape index (κ3) is 4.79. The Hall–Kier alpha value is -2.37. The Morgan fingerprint density at radius 1 is 0.357 bits per heavy atom. The summed E-state index contributed by atoms with van der Waals surface area (Å²) in [5.74, 6) is -98.6. The Bertz CT molecular complexity index is 1030. The highest BCUT2D eigenvalue weighted by atomic mass is 19.4. The third-order valence-electron chi connectivity index (χ3n) is 4.97. The third-order valence-corrected chi connectivity index (χ3v) is 4.97. The summed E-state index contributed by atoms with van der Waals surface area (Å²) in [6, 6.07) is 0. The molecule has 0 aromatic heterocycles. The number of hydrogen-bond acceptors (Lipinski definition) is 2. The van der Waals surface area contributed by atoms with Crippen molar-refractivity contribution in [1.29, 1.82) is 0 Å². The first kappa shape index (κ1) is 39.6. The van der Waals surface area contributed by atoms with Crippen LogP contribution in [0.4, 0.5) is 110 Å². The molecular weight excluding hydrogens is 685 g/mol. The lowest BCUT2D eigenvalue weighted by atomic mass is 9.84. The molecule has 27 heteroatoms. The molecule has 2 nitrogen and oxygen atoms in total. The highest BCUT2D eigenvalue weighted by Crippen LogP contribution is 2.67. The molecule has 0 aliphatic carbocycles. The number of nitrogens with zero attached hydrogens (tertiary/aromatic N) is 1. The summed E-state index contributed by atoms with van der Waals surface area (Å²) in [5, 5.41) is 0. The molecule has 250 valence electrons. The molecule has 0 spiro atoms. The second-order valence-corrected chi connectivity index (χ2v) is 7.67. The van der Waals surface area contributed by atoms with Crippen LogP contribution in [0.15, 0.2) is 4.99 Å². The lowest BCUT2D eigenvalue weighted by Gasteiger charge is -2.45. The number of alkyl halides is 25.